The van der Waals surface area contributed by atoms with Gasteiger partial charge in [0, 0.05) is 13.0 Å². The molecule has 0 aromatic rings. The van der Waals surface area contributed by atoms with E-state index >= 15 is 0 Å². The third-order valence-corrected chi connectivity index (χ3v) is 3.99. The number of halogens is 1. The second-order valence-electron chi connectivity index (χ2n) is 6.41. The summed E-state index contributed by atoms with van der Waals surface area (Å²) in [5.41, 5.74) is 0. The number of carboxylic acids is 1. The van der Waals surface area contributed by atoms with E-state index in [0.29, 0.717) is 6.42 Å². The van der Waals surface area contributed by atoms with Crippen LogP contribution in [0.2, 0.25) is 0 Å². The van der Waals surface area contributed by atoms with E-state index in [-0.39, 0.29) is 25.2 Å². The van der Waals surface area contributed by atoms with Crippen LogP contribution >= 0.6 is 12.4 Å². The first-order valence-electron chi connectivity index (χ1n) is 10.0. The van der Waals surface area contributed by atoms with Gasteiger partial charge in [0.15, 0.2) is 0 Å². The quantitative estimate of drug-likeness (QED) is 0.252. The highest BCUT2D eigenvalue weighted by atomic mass is 35.5. The fourth-order valence-electron chi connectivity index (χ4n) is 2.65. The SMILES string of the molecule is CCCCCCCCCCCCCCCCCC(=O)O.CCO.Cl.N. The molecule has 0 saturated heterocycles. The van der Waals surface area contributed by atoms with Crippen molar-refractivity contribution in [3.63, 3.8) is 0 Å². The standard InChI is InChI=1S/C18H36O2.C2H6O.ClH.H3N/c1-2-3-4-5-6-7-8-9-10-11-12-13-14-15-16-17-18(19)20;1-2-3;;/h2-17H2,1H3,(H,19,20);3H,2H2,1H3;1H;1H3. The normalized spacial score (nSPS) is 9.40. The van der Waals surface area contributed by atoms with E-state index in [1.807, 2.05) is 0 Å². The van der Waals surface area contributed by atoms with Gasteiger partial charge in [0.25, 0.3) is 0 Å². The lowest BCUT2D eigenvalue weighted by atomic mass is 10.0. The van der Waals surface area contributed by atoms with E-state index in [1.165, 1.54) is 83.5 Å². The summed E-state index contributed by atoms with van der Waals surface area (Å²) in [5.74, 6) is -0.653. The van der Waals surface area contributed by atoms with Crippen LogP contribution in [0.3, 0.4) is 0 Å². The van der Waals surface area contributed by atoms with E-state index in [0.717, 1.165) is 12.8 Å². The highest BCUT2D eigenvalue weighted by Crippen LogP contribution is 2.13. The number of carbonyl (C=O) groups is 1. The van der Waals surface area contributed by atoms with Crippen molar-refractivity contribution in [2.24, 2.45) is 0 Å². The minimum absolute atomic E-state index is 0. The summed E-state index contributed by atoms with van der Waals surface area (Å²) in [6.45, 7) is 4.20. The van der Waals surface area contributed by atoms with E-state index in [4.69, 9.17) is 10.2 Å². The molecule has 0 fully saturated rings. The van der Waals surface area contributed by atoms with Gasteiger partial charge in [-0.25, -0.2) is 0 Å². The molecule has 5 heteroatoms. The van der Waals surface area contributed by atoms with Crippen LogP contribution in [0.4, 0.5) is 0 Å². The van der Waals surface area contributed by atoms with Crippen molar-refractivity contribution in [3.05, 3.63) is 0 Å². The molecule has 25 heavy (non-hydrogen) atoms. The van der Waals surface area contributed by atoms with Gasteiger partial charge in [-0.2, -0.15) is 0 Å². The molecule has 0 heterocycles. The van der Waals surface area contributed by atoms with Crippen molar-refractivity contribution in [1.29, 1.82) is 0 Å². The summed E-state index contributed by atoms with van der Waals surface area (Å²) < 4.78 is 0. The third-order valence-electron chi connectivity index (χ3n) is 3.99. The van der Waals surface area contributed by atoms with Crippen molar-refractivity contribution in [1.82, 2.24) is 6.15 Å². The highest BCUT2D eigenvalue weighted by Gasteiger charge is 1.97. The average Bonchev–Trinajstić information content (AvgIpc) is 2.51. The molecule has 156 valence electrons. The lowest BCUT2D eigenvalue weighted by Gasteiger charge is -2.03. The van der Waals surface area contributed by atoms with Crippen LogP contribution in [-0.4, -0.2) is 22.8 Å². The van der Waals surface area contributed by atoms with E-state index in [9.17, 15) is 4.79 Å². The molecule has 0 amide bonds. The Morgan fingerprint density at radius 3 is 1.12 bits per heavy atom. The number of aliphatic carboxylic acids is 1. The Balaban J connectivity index is -0.000000409. The number of carboxylic acid groups (broad SMARTS) is 1. The van der Waals surface area contributed by atoms with Gasteiger partial charge in [0.1, 0.15) is 0 Å². The maximum atomic E-state index is 10.3. The largest absolute Gasteiger partial charge is 0.481 e. The molecule has 5 N–H and O–H groups in total. The summed E-state index contributed by atoms with van der Waals surface area (Å²) in [5, 5.41) is 16.1. The smallest absolute Gasteiger partial charge is 0.303 e. The number of aliphatic hydroxyl groups excluding tert-OH is 1. The number of aliphatic hydroxyl groups is 1. The van der Waals surface area contributed by atoms with Crippen LogP contribution in [0.1, 0.15) is 117 Å². The minimum Gasteiger partial charge on any atom is -0.481 e. The van der Waals surface area contributed by atoms with Gasteiger partial charge in [-0.1, -0.05) is 96.8 Å². The zero-order chi connectivity index (χ0) is 17.6. The average molecular weight is 384 g/mol. The minimum atomic E-state index is -0.653. The highest BCUT2D eigenvalue weighted by molar-refractivity contribution is 5.85. The third kappa shape index (κ3) is 40.0. The maximum Gasteiger partial charge on any atom is 0.303 e. The van der Waals surface area contributed by atoms with Gasteiger partial charge >= 0.3 is 5.97 Å². The van der Waals surface area contributed by atoms with Crippen LogP contribution in [-0.2, 0) is 4.79 Å². The predicted molar refractivity (Wildman–Crippen MR) is 112 cm³/mol. The molecule has 0 saturated carbocycles. The molecule has 0 spiro atoms. The topological polar surface area (TPSA) is 92.5 Å². The first-order chi connectivity index (χ1) is 11.2. The van der Waals surface area contributed by atoms with Crippen LogP contribution in [0, 0.1) is 0 Å². The van der Waals surface area contributed by atoms with Crippen molar-refractivity contribution in [3.8, 4) is 0 Å². The molecule has 0 aliphatic rings. The van der Waals surface area contributed by atoms with E-state index in [1.54, 1.807) is 6.92 Å². The first-order valence-corrected chi connectivity index (χ1v) is 10.0. The van der Waals surface area contributed by atoms with Crippen molar-refractivity contribution < 1.29 is 15.0 Å². The molecular formula is C20H46ClNO3. The second kappa shape index (κ2) is 31.4. The van der Waals surface area contributed by atoms with Crippen LogP contribution in [0.5, 0.6) is 0 Å². The Morgan fingerprint density at radius 2 is 0.880 bits per heavy atom. The Labute approximate surface area is 163 Å². The van der Waals surface area contributed by atoms with Gasteiger partial charge in [0.05, 0.1) is 0 Å². The molecule has 0 rings (SSSR count). The zero-order valence-electron chi connectivity index (χ0n) is 16.9. The van der Waals surface area contributed by atoms with Crippen LogP contribution < -0.4 is 6.15 Å². The van der Waals surface area contributed by atoms with Gasteiger partial charge < -0.3 is 16.4 Å². The molecule has 0 aliphatic heterocycles. The van der Waals surface area contributed by atoms with Crippen LogP contribution in [0.15, 0.2) is 0 Å². The summed E-state index contributed by atoms with van der Waals surface area (Å²) in [7, 11) is 0. The molecule has 0 aromatic carbocycles. The monoisotopic (exact) mass is 383 g/mol. The lowest BCUT2D eigenvalue weighted by molar-refractivity contribution is -0.137. The van der Waals surface area contributed by atoms with E-state index in [2.05, 4.69) is 6.92 Å². The Kier molecular flexibility index (Phi) is 40.7. The molecule has 0 bridgehead atoms. The number of rotatable bonds is 16. The Bertz CT molecular complexity index is 229. The van der Waals surface area contributed by atoms with Crippen molar-refractivity contribution in [2.75, 3.05) is 6.61 Å². The molecule has 0 atom stereocenters. The van der Waals surface area contributed by atoms with Crippen LogP contribution in [0.25, 0.3) is 0 Å². The molecule has 0 radical (unpaired) electrons. The summed E-state index contributed by atoms with van der Waals surface area (Å²) in [6, 6.07) is 0. The Morgan fingerprint density at radius 1 is 0.640 bits per heavy atom. The summed E-state index contributed by atoms with van der Waals surface area (Å²) in [4.78, 5) is 10.3. The second-order valence-corrected chi connectivity index (χ2v) is 6.41. The zero-order valence-corrected chi connectivity index (χ0v) is 17.8. The Hall–Kier alpha value is -0.320. The van der Waals surface area contributed by atoms with Crippen molar-refractivity contribution >= 4 is 18.4 Å². The predicted octanol–water partition coefficient (Wildman–Crippen LogP) is 6.91. The van der Waals surface area contributed by atoms with Gasteiger partial charge in [-0.3, -0.25) is 4.79 Å². The fourth-order valence-corrected chi connectivity index (χ4v) is 2.65. The van der Waals surface area contributed by atoms with Crippen molar-refractivity contribution in [2.45, 2.75) is 117 Å². The molecule has 4 nitrogen and oxygen atoms in total. The molecule has 0 aromatic heterocycles. The van der Waals surface area contributed by atoms with Gasteiger partial charge in [0.2, 0.25) is 0 Å². The van der Waals surface area contributed by atoms with Gasteiger partial charge in [-0.15, -0.1) is 12.4 Å². The van der Waals surface area contributed by atoms with E-state index < -0.39 is 5.97 Å². The number of hydrogen-bond acceptors (Lipinski definition) is 3. The molecule has 0 unspecified atom stereocenters. The number of hydrogen-bond donors (Lipinski definition) is 3. The molecular weight excluding hydrogens is 338 g/mol. The number of unbranched alkanes of at least 4 members (excludes halogenated alkanes) is 14. The van der Waals surface area contributed by atoms with Gasteiger partial charge in [-0.05, 0) is 13.3 Å². The molecule has 0 aliphatic carbocycles. The maximum absolute atomic E-state index is 10.3. The lowest BCUT2D eigenvalue weighted by Crippen LogP contribution is -1.93. The summed E-state index contributed by atoms with van der Waals surface area (Å²) in [6.07, 6.45) is 20.2. The summed E-state index contributed by atoms with van der Waals surface area (Å²) >= 11 is 0. The first kappa shape index (κ1) is 32.4. The fraction of sp³-hybridized carbons (Fsp3) is 0.950.